The second-order valence-electron chi connectivity index (χ2n) is 4.75. The van der Waals surface area contributed by atoms with Crippen molar-refractivity contribution in [2.24, 2.45) is 5.73 Å². The molecule has 0 spiro atoms. The van der Waals surface area contributed by atoms with E-state index in [9.17, 15) is 4.39 Å². The number of ether oxygens (including phenoxy) is 1. The van der Waals surface area contributed by atoms with Crippen molar-refractivity contribution in [1.82, 2.24) is 4.90 Å². The van der Waals surface area contributed by atoms with E-state index < -0.39 is 5.82 Å². The number of methoxy groups -OCH3 is 1. The molecule has 0 aliphatic heterocycles. The minimum absolute atomic E-state index is 0.00764. The lowest BCUT2D eigenvalue weighted by atomic mass is 10.0. The monoisotopic (exact) mass is 288 g/mol. The zero-order valence-electron chi connectivity index (χ0n) is 11.7. The molecule has 108 valence electrons. The van der Waals surface area contributed by atoms with Crippen molar-refractivity contribution in [2.45, 2.75) is 25.9 Å². The van der Waals surface area contributed by atoms with Gasteiger partial charge in [-0.1, -0.05) is 17.7 Å². The van der Waals surface area contributed by atoms with Gasteiger partial charge in [0.2, 0.25) is 0 Å². The Morgan fingerprint density at radius 2 is 2.11 bits per heavy atom. The Morgan fingerprint density at radius 3 is 2.58 bits per heavy atom. The van der Waals surface area contributed by atoms with Gasteiger partial charge in [-0.2, -0.15) is 0 Å². The fourth-order valence-corrected chi connectivity index (χ4v) is 2.34. The lowest BCUT2D eigenvalue weighted by molar-refractivity contribution is 0.0979. The summed E-state index contributed by atoms with van der Waals surface area (Å²) in [7, 11) is 1.67. The average Bonchev–Trinajstić information content (AvgIpc) is 2.37. The second-order valence-corrected chi connectivity index (χ2v) is 5.16. The molecular formula is C14H22ClFN2O. The van der Waals surface area contributed by atoms with E-state index >= 15 is 0 Å². The normalized spacial score (nSPS) is 13.3. The van der Waals surface area contributed by atoms with Crippen LogP contribution in [0.2, 0.25) is 5.02 Å². The first kappa shape index (κ1) is 16.4. The fraction of sp³-hybridized carbons (Fsp3) is 0.571. The van der Waals surface area contributed by atoms with Crippen LogP contribution >= 0.6 is 11.6 Å². The smallest absolute Gasteiger partial charge is 0.141 e. The summed E-state index contributed by atoms with van der Waals surface area (Å²) in [6.45, 7) is 6.05. The number of hydrogen-bond acceptors (Lipinski definition) is 3. The average molecular weight is 289 g/mol. The first-order valence-corrected chi connectivity index (χ1v) is 6.78. The highest BCUT2D eigenvalue weighted by Gasteiger charge is 2.22. The Kier molecular flexibility index (Phi) is 6.72. The van der Waals surface area contributed by atoms with E-state index in [1.807, 2.05) is 0 Å². The van der Waals surface area contributed by atoms with E-state index in [0.717, 1.165) is 12.1 Å². The molecule has 1 aromatic rings. The zero-order chi connectivity index (χ0) is 14.4. The Morgan fingerprint density at radius 1 is 1.42 bits per heavy atom. The van der Waals surface area contributed by atoms with Crippen molar-refractivity contribution in [3.63, 3.8) is 0 Å². The summed E-state index contributed by atoms with van der Waals surface area (Å²) in [6, 6.07) is 5.09. The summed E-state index contributed by atoms with van der Waals surface area (Å²) in [5, 5.41) is 0.131. The molecule has 1 aromatic carbocycles. The van der Waals surface area contributed by atoms with Crippen molar-refractivity contribution in [1.29, 1.82) is 0 Å². The van der Waals surface area contributed by atoms with Crippen LogP contribution in [-0.4, -0.2) is 37.7 Å². The van der Waals surface area contributed by atoms with Crippen LogP contribution in [0.3, 0.4) is 0 Å². The van der Waals surface area contributed by atoms with Crippen LogP contribution < -0.4 is 5.73 Å². The second kappa shape index (κ2) is 7.80. The first-order chi connectivity index (χ1) is 9.01. The Labute approximate surface area is 119 Å². The standard InChI is InChI=1S/C14H22ClFN2O/c1-10(2)18(6-7-19-3)14(9-17)11-4-5-13(16)12(15)8-11/h4-5,8,10,14H,6-7,9,17H2,1-3H3. The predicted molar refractivity (Wildman–Crippen MR) is 76.9 cm³/mol. The highest BCUT2D eigenvalue weighted by molar-refractivity contribution is 6.30. The fourth-order valence-electron chi connectivity index (χ4n) is 2.15. The molecule has 2 N–H and O–H groups in total. The molecule has 0 aliphatic carbocycles. The number of hydrogen-bond donors (Lipinski definition) is 1. The largest absolute Gasteiger partial charge is 0.383 e. The van der Waals surface area contributed by atoms with Crippen LogP contribution in [-0.2, 0) is 4.74 Å². The topological polar surface area (TPSA) is 38.5 Å². The van der Waals surface area contributed by atoms with Crippen molar-refractivity contribution >= 4 is 11.6 Å². The first-order valence-electron chi connectivity index (χ1n) is 6.41. The minimum Gasteiger partial charge on any atom is -0.383 e. The molecule has 0 saturated heterocycles. The molecule has 0 aromatic heterocycles. The van der Waals surface area contributed by atoms with Gasteiger partial charge in [0.1, 0.15) is 5.82 Å². The van der Waals surface area contributed by atoms with Crippen LogP contribution in [0.25, 0.3) is 0 Å². The van der Waals surface area contributed by atoms with Crippen molar-refractivity contribution in [3.05, 3.63) is 34.6 Å². The molecule has 0 amide bonds. The van der Waals surface area contributed by atoms with Gasteiger partial charge in [-0.05, 0) is 31.5 Å². The summed E-state index contributed by atoms with van der Waals surface area (Å²) in [6.07, 6.45) is 0. The van der Waals surface area contributed by atoms with Crippen molar-refractivity contribution in [3.8, 4) is 0 Å². The zero-order valence-corrected chi connectivity index (χ0v) is 12.5. The van der Waals surface area contributed by atoms with Gasteiger partial charge in [0.25, 0.3) is 0 Å². The Balaban J connectivity index is 2.97. The predicted octanol–water partition coefficient (Wildman–Crippen LogP) is 2.84. The Bertz CT molecular complexity index is 401. The van der Waals surface area contributed by atoms with Crippen LogP contribution in [0.5, 0.6) is 0 Å². The van der Waals surface area contributed by atoms with Crippen LogP contribution in [0, 0.1) is 5.82 Å². The summed E-state index contributed by atoms with van der Waals surface area (Å²) in [5.74, 6) is -0.408. The van der Waals surface area contributed by atoms with E-state index in [-0.39, 0.29) is 11.1 Å². The van der Waals surface area contributed by atoms with Gasteiger partial charge in [-0.3, -0.25) is 4.90 Å². The molecule has 0 bridgehead atoms. The lowest BCUT2D eigenvalue weighted by Crippen LogP contribution is -2.40. The van der Waals surface area contributed by atoms with E-state index in [0.29, 0.717) is 19.2 Å². The van der Waals surface area contributed by atoms with Crippen molar-refractivity contribution in [2.75, 3.05) is 26.8 Å². The van der Waals surface area contributed by atoms with Gasteiger partial charge in [0.15, 0.2) is 0 Å². The third-order valence-corrected chi connectivity index (χ3v) is 3.46. The molecule has 1 atom stereocenters. The van der Waals surface area contributed by atoms with Gasteiger partial charge in [0, 0.05) is 32.3 Å². The molecule has 3 nitrogen and oxygen atoms in total. The third kappa shape index (κ3) is 4.42. The number of benzene rings is 1. The molecule has 5 heteroatoms. The minimum atomic E-state index is -0.408. The number of nitrogens with two attached hydrogens (primary N) is 1. The molecule has 0 heterocycles. The third-order valence-electron chi connectivity index (χ3n) is 3.17. The van der Waals surface area contributed by atoms with Crippen LogP contribution in [0.1, 0.15) is 25.5 Å². The van der Waals surface area contributed by atoms with Crippen LogP contribution in [0.4, 0.5) is 4.39 Å². The van der Waals surface area contributed by atoms with Gasteiger partial charge >= 0.3 is 0 Å². The highest BCUT2D eigenvalue weighted by Crippen LogP contribution is 2.25. The Hall–Kier alpha value is -0.680. The maximum absolute atomic E-state index is 13.2. The molecule has 19 heavy (non-hydrogen) atoms. The molecule has 0 aliphatic rings. The van der Waals surface area contributed by atoms with Gasteiger partial charge in [-0.25, -0.2) is 4.39 Å². The summed E-state index contributed by atoms with van der Waals surface area (Å²) >= 11 is 5.84. The number of halogens is 2. The highest BCUT2D eigenvalue weighted by atomic mass is 35.5. The number of nitrogens with zero attached hydrogens (tertiary/aromatic N) is 1. The SMILES string of the molecule is COCCN(C(C)C)C(CN)c1ccc(F)c(Cl)c1. The number of rotatable bonds is 7. The van der Waals surface area contributed by atoms with E-state index in [4.69, 9.17) is 22.1 Å². The molecule has 1 unspecified atom stereocenters. The maximum atomic E-state index is 13.2. The van der Waals surface area contributed by atoms with Crippen LogP contribution in [0.15, 0.2) is 18.2 Å². The van der Waals surface area contributed by atoms with E-state index in [1.54, 1.807) is 19.2 Å². The lowest BCUT2D eigenvalue weighted by Gasteiger charge is -2.34. The maximum Gasteiger partial charge on any atom is 0.141 e. The molecular weight excluding hydrogens is 267 g/mol. The molecule has 0 radical (unpaired) electrons. The van der Waals surface area contributed by atoms with Crippen molar-refractivity contribution < 1.29 is 9.13 Å². The summed E-state index contributed by atoms with van der Waals surface area (Å²) < 4.78 is 18.4. The molecule has 0 saturated carbocycles. The van der Waals surface area contributed by atoms with Gasteiger partial charge in [-0.15, -0.1) is 0 Å². The summed E-state index contributed by atoms with van der Waals surface area (Å²) in [5.41, 5.74) is 6.81. The van der Waals surface area contributed by atoms with Gasteiger partial charge in [0.05, 0.1) is 11.6 Å². The molecule has 0 fully saturated rings. The van der Waals surface area contributed by atoms with E-state index in [2.05, 4.69) is 18.7 Å². The van der Waals surface area contributed by atoms with E-state index in [1.165, 1.54) is 6.07 Å². The van der Waals surface area contributed by atoms with Gasteiger partial charge < -0.3 is 10.5 Å². The molecule has 1 rings (SSSR count). The quantitative estimate of drug-likeness (QED) is 0.838. The summed E-state index contributed by atoms with van der Waals surface area (Å²) in [4.78, 5) is 2.23.